The van der Waals surface area contributed by atoms with Gasteiger partial charge >= 0.3 is 0 Å². The first-order valence-corrected chi connectivity index (χ1v) is 7.69. The summed E-state index contributed by atoms with van der Waals surface area (Å²) in [4.78, 5) is 0. The molecule has 104 valence electrons. The molecule has 0 unspecified atom stereocenters. The summed E-state index contributed by atoms with van der Waals surface area (Å²) in [5, 5.41) is 3.51. The van der Waals surface area contributed by atoms with Gasteiger partial charge in [-0.05, 0) is 55.3 Å². The van der Waals surface area contributed by atoms with E-state index in [0.29, 0.717) is 5.41 Å². The van der Waals surface area contributed by atoms with E-state index in [4.69, 9.17) is 0 Å². The monoisotopic (exact) mass is 265 g/mol. The van der Waals surface area contributed by atoms with Crippen molar-refractivity contribution in [2.75, 3.05) is 13.1 Å². The fourth-order valence-electron chi connectivity index (χ4n) is 3.41. The molecule has 0 atom stereocenters. The Morgan fingerprint density at radius 3 is 2.05 bits per heavy atom. The van der Waals surface area contributed by atoms with Gasteiger partial charge in [-0.15, -0.1) is 0 Å². The number of hydrogen-bond donors (Lipinski definition) is 1. The number of rotatable bonds is 4. The Morgan fingerprint density at radius 2 is 1.40 bits per heavy atom. The molecule has 1 heterocycles. The first-order valence-electron chi connectivity index (χ1n) is 7.69. The Labute approximate surface area is 122 Å². The van der Waals surface area contributed by atoms with Crippen LogP contribution in [-0.4, -0.2) is 13.1 Å². The molecular weight excluding hydrogens is 242 g/mol. The highest BCUT2D eigenvalue weighted by Crippen LogP contribution is 2.37. The molecule has 1 nitrogen and oxygen atoms in total. The van der Waals surface area contributed by atoms with E-state index in [0.717, 1.165) is 13.1 Å². The molecule has 2 aromatic carbocycles. The fraction of sp³-hybridized carbons (Fsp3) is 0.368. The maximum atomic E-state index is 3.51. The molecule has 0 bridgehead atoms. The molecule has 1 saturated heterocycles. The van der Waals surface area contributed by atoms with Gasteiger partial charge in [0.1, 0.15) is 0 Å². The van der Waals surface area contributed by atoms with Crippen LogP contribution in [0, 0.1) is 0 Å². The third kappa shape index (κ3) is 2.94. The van der Waals surface area contributed by atoms with Crippen LogP contribution in [0.2, 0.25) is 0 Å². The van der Waals surface area contributed by atoms with E-state index in [2.05, 4.69) is 66.0 Å². The third-order valence-electron chi connectivity index (χ3n) is 4.68. The minimum Gasteiger partial charge on any atom is -0.317 e. The molecule has 1 aliphatic heterocycles. The van der Waals surface area contributed by atoms with Crippen molar-refractivity contribution in [2.24, 2.45) is 0 Å². The quantitative estimate of drug-likeness (QED) is 0.883. The Hall–Kier alpha value is -1.60. The highest BCUT2D eigenvalue weighted by atomic mass is 14.9. The summed E-state index contributed by atoms with van der Waals surface area (Å²) in [5.41, 5.74) is 3.35. The van der Waals surface area contributed by atoms with Gasteiger partial charge in [-0.2, -0.15) is 0 Å². The summed E-state index contributed by atoms with van der Waals surface area (Å²) in [7, 11) is 0. The Bertz CT molecular complexity index is 512. The summed E-state index contributed by atoms with van der Waals surface area (Å²) >= 11 is 0. The lowest BCUT2D eigenvalue weighted by Gasteiger charge is -2.38. The Morgan fingerprint density at radius 1 is 0.800 bits per heavy atom. The van der Waals surface area contributed by atoms with Crippen molar-refractivity contribution in [3.05, 3.63) is 71.8 Å². The van der Waals surface area contributed by atoms with E-state index in [1.165, 1.54) is 36.8 Å². The average molecular weight is 265 g/mol. The molecule has 0 aromatic heterocycles. The van der Waals surface area contributed by atoms with Crippen LogP contribution in [0.5, 0.6) is 0 Å². The maximum absolute atomic E-state index is 3.51. The first-order chi connectivity index (χ1) is 9.89. The lowest BCUT2D eigenvalue weighted by molar-refractivity contribution is 0.288. The van der Waals surface area contributed by atoms with Gasteiger partial charge in [0, 0.05) is 0 Å². The van der Waals surface area contributed by atoms with E-state index >= 15 is 0 Å². The van der Waals surface area contributed by atoms with Gasteiger partial charge in [0.2, 0.25) is 0 Å². The molecule has 0 spiro atoms. The minimum absolute atomic E-state index is 0.363. The largest absolute Gasteiger partial charge is 0.317 e. The van der Waals surface area contributed by atoms with Crippen LogP contribution in [0.4, 0.5) is 0 Å². The normalized spacial score (nSPS) is 17.8. The number of hydrogen-bond acceptors (Lipinski definition) is 1. The Balaban J connectivity index is 1.80. The lowest BCUT2D eigenvalue weighted by atomic mass is 9.70. The molecule has 0 aliphatic carbocycles. The van der Waals surface area contributed by atoms with Crippen molar-refractivity contribution in [1.82, 2.24) is 5.32 Å². The summed E-state index contributed by atoms with van der Waals surface area (Å²) in [6, 6.07) is 22.0. The standard InChI is InChI=1S/C19H23N/c1-3-7-17(8-4-1)11-12-19(13-15-20-16-14-19)18-9-5-2-6-10-18/h1-10,20H,11-16H2. The summed E-state index contributed by atoms with van der Waals surface area (Å²) < 4.78 is 0. The molecular formula is C19H23N. The fourth-order valence-corrected chi connectivity index (χ4v) is 3.41. The molecule has 1 heteroatoms. The molecule has 2 aromatic rings. The number of aryl methyl sites for hydroxylation is 1. The predicted octanol–water partition coefficient (Wildman–Crippen LogP) is 3.94. The second kappa shape index (κ2) is 6.23. The predicted molar refractivity (Wildman–Crippen MR) is 85.0 cm³/mol. The van der Waals surface area contributed by atoms with Crippen LogP contribution in [0.1, 0.15) is 30.4 Å². The van der Waals surface area contributed by atoms with Gasteiger partial charge < -0.3 is 5.32 Å². The van der Waals surface area contributed by atoms with Crippen molar-refractivity contribution >= 4 is 0 Å². The van der Waals surface area contributed by atoms with Gasteiger partial charge in [0.25, 0.3) is 0 Å². The topological polar surface area (TPSA) is 12.0 Å². The molecule has 0 radical (unpaired) electrons. The van der Waals surface area contributed by atoms with Gasteiger partial charge in [-0.1, -0.05) is 60.7 Å². The van der Waals surface area contributed by atoms with Crippen molar-refractivity contribution in [2.45, 2.75) is 31.1 Å². The Kier molecular flexibility index (Phi) is 4.17. The molecule has 0 amide bonds. The minimum atomic E-state index is 0.363. The van der Waals surface area contributed by atoms with E-state index < -0.39 is 0 Å². The van der Waals surface area contributed by atoms with Crippen molar-refractivity contribution in [1.29, 1.82) is 0 Å². The van der Waals surface area contributed by atoms with Crippen LogP contribution in [0.15, 0.2) is 60.7 Å². The van der Waals surface area contributed by atoms with Gasteiger partial charge in [-0.25, -0.2) is 0 Å². The summed E-state index contributed by atoms with van der Waals surface area (Å²) in [6.07, 6.45) is 4.94. The molecule has 1 N–H and O–H groups in total. The number of piperidine rings is 1. The second-order valence-electron chi connectivity index (χ2n) is 5.88. The second-order valence-corrected chi connectivity index (χ2v) is 5.88. The van der Waals surface area contributed by atoms with E-state index in [9.17, 15) is 0 Å². The van der Waals surface area contributed by atoms with Crippen LogP contribution >= 0.6 is 0 Å². The van der Waals surface area contributed by atoms with E-state index in [1.54, 1.807) is 0 Å². The SMILES string of the molecule is c1ccc(CCC2(c3ccccc3)CCNCC2)cc1. The number of benzene rings is 2. The van der Waals surface area contributed by atoms with E-state index in [1.807, 2.05) is 0 Å². The van der Waals surface area contributed by atoms with Gasteiger partial charge in [0.15, 0.2) is 0 Å². The zero-order chi connectivity index (χ0) is 13.7. The molecule has 1 fully saturated rings. The first kappa shape index (κ1) is 13.4. The zero-order valence-corrected chi connectivity index (χ0v) is 12.0. The van der Waals surface area contributed by atoms with Crippen molar-refractivity contribution < 1.29 is 0 Å². The van der Waals surface area contributed by atoms with Crippen LogP contribution in [0.3, 0.4) is 0 Å². The van der Waals surface area contributed by atoms with Crippen LogP contribution in [0.25, 0.3) is 0 Å². The van der Waals surface area contributed by atoms with E-state index in [-0.39, 0.29) is 0 Å². The molecule has 0 saturated carbocycles. The third-order valence-corrected chi connectivity index (χ3v) is 4.68. The zero-order valence-electron chi connectivity index (χ0n) is 12.0. The number of nitrogens with one attached hydrogen (secondary N) is 1. The van der Waals surface area contributed by atoms with Gasteiger partial charge in [0.05, 0.1) is 0 Å². The van der Waals surface area contributed by atoms with Crippen molar-refractivity contribution in [3.8, 4) is 0 Å². The van der Waals surface area contributed by atoms with Crippen LogP contribution < -0.4 is 5.32 Å². The molecule has 1 aliphatic rings. The highest BCUT2D eigenvalue weighted by molar-refractivity contribution is 5.27. The average Bonchev–Trinajstić information content (AvgIpc) is 2.56. The molecule has 20 heavy (non-hydrogen) atoms. The van der Waals surface area contributed by atoms with Crippen molar-refractivity contribution in [3.63, 3.8) is 0 Å². The highest BCUT2D eigenvalue weighted by Gasteiger charge is 2.33. The summed E-state index contributed by atoms with van der Waals surface area (Å²) in [6.45, 7) is 2.29. The smallest absolute Gasteiger partial charge is 0.00197 e. The van der Waals surface area contributed by atoms with Crippen LogP contribution in [-0.2, 0) is 11.8 Å². The summed E-state index contributed by atoms with van der Waals surface area (Å²) in [5.74, 6) is 0. The lowest BCUT2D eigenvalue weighted by Crippen LogP contribution is -2.40. The molecule has 3 rings (SSSR count). The van der Waals surface area contributed by atoms with Gasteiger partial charge in [-0.3, -0.25) is 0 Å². The maximum Gasteiger partial charge on any atom is -0.00197 e.